The quantitative estimate of drug-likeness (QED) is 0.651. The lowest BCUT2D eigenvalue weighted by Gasteiger charge is -2.12. The van der Waals surface area contributed by atoms with Crippen LogP contribution in [0, 0.1) is 33.1 Å². The number of hydrogen-bond acceptors (Lipinski definition) is 4. The van der Waals surface area contributed by atoms with Crippen LogP contribution in [0.2, 0.25) is 0 Å². The van der Waals surface area contributed by atoms with Gasteiger partial charge >= 0.3 is 5.97 Å². The molecule has 108 valence electrons. The first-order valence-electron chi connectivity index (χ1n) is 5.94. The Hall–Kier alpha value is -1.84. The number of hydrogen-bond donors (Lipinski definition) is 1. The highest BCUT2D eigenvalue weighted by molar-refractivity contribution is 7.89. The summed E-state index contributed by atoms with van der Waals surface area (Å²) >= 11 is 0. The molecular weight excluding hydrogens is 278 g/mol. The summed E-state index contributed by atoms with van der Waals surface area (Å²) in [6.07, 6.45) is 4.94. The first-order valence-corrected chi connectivity index (χ1v) is 7.43. The van der Waals surface area contributed by atoms with Crippen molar-refractivity contribution in [2.24, 2.45) is 0 Å². The molecule has 0 aliphatic carbocycles. The zero-order valence-corrected chi connectivity index (χ0v) is 12.5. The smallest absolute Gasteiger partial charge is 0.321 e. The zero-order valence-electron chi connectivity index (χ0n) is 11.7. The van der Waals surface area contributed by atoms with E-state index in [0.717, 1.165) is 5.56 Å². The second-order valence-corrected chi connectivity index (χ2v) is 6.12. The van der Waals surface area contributed by atoms with Crippen molar-refractivity contribution in [1.29, 1.82) is 0 Å². The topological polar surface area (TPSA) is 72.5 Å². The molecule has 0 aromatic heterocycles. The number of benzene rings is 1. The average molecular weight is 295 g/mol. The molecule has 1 rings (SSSR count). The SMILES string of the molecule is C#CCOC(=O)CNS(=O)(=O)c1c(C)cc(C)cc1C. The summed E-state index contributed by atoms with van der Waals surface area (Å²) in [5.41, 5.74) is 2.24. The average Bonchev–Trinajstić information content (AvgIpc) is 2.32. The maximum absolute atomic E-state index is 12.2. The Kier molecular flexibility index (Phi) is 5.31. The molecule has 0 saturated heterocycles. The largest absolute Gasteiger partial charge is 0.452 e. The van der Waals surface area contributed by atoms with Gasteiger partial charge in [0.05, 0.1) is 4.90 Å². The molecule has 0 fully saturated rings. The number of nitrogens with one attached hydrogen (secondary N) is 1. The zero-order chi connectivity index (χ0) is 15.3. The van der Waals surface area contributed by atoms with Crippen molar-refractivity contribution < 1.29 is 17.9 Å². The van der Waals surface area contributed by atoms with Crippen LogP contribution in [0.15, 0.2) is 17.0 Å². The van der Waals surface area contributed by atoms with Gasteiger partial charge in [0, 0.05) is 0 Å². The molecule has 0 heterocycles. The third-order valence-electron chi connectivity index (χ3n) is 2.60. The lowest BCUT2D eigenvalue weighted by Crippen LogP contribution is -2.31. The predicted molar refractivity (Wildman–Crippen MR) is 75.6 cm³/mol. The van der Waals surface area contributed by atoms with E-state index in [9.17, 15) is 13.2 Å². The van der Waals surface area contributed by atoms with E-state index in [1.807, 2.05) is 6.92 Å². The van der Waals surface area contributed by atoms with Crippen LogP contribution < -0.4 is 4.72 Å². The molecule has 0 bridgehead atoms. The Morgan fingerprint density at radius 2 is 1.85 bits per heavy atom. The summed E-state index contributed by atoms with van der Waals surface area (Å²) in [6.45, 7) is 4.69. The van der Waals surface area contributed by atoms with Crippen LogP contribution in [0.1, 0.15) is 16.7 Å². The Labute approximate surface area is 119 Å². The van der Waals surface area contributed by atoms with Gasteiger partial charge in [0.15, 0.2) is 6.61 Å². The normalized spacial score (nSPS) is 10.9. The van der Waals surface area contributed by atoms with Crippen molar-refractivity contribution in [3.63, 3.8) is 0 Å². The minimum atomic E-state index is -3.76. The monoisotopic (exact) mass is 295 g/mol. The van der Waals surface area contributed by atoms with Crippen LogP contribution in [0.25, 0.3) is 0 Å². The summed E-state index contributed by atoms with van der Waals surface area (Å²) < 4.78 is 31.2. The molecule has 1 aromatic carbocycles. The molecule has 0 saturated carbocycles. The van der Waals surface area contributed by atoms with Crippen molar-refractivity contribution in [3.05, 3.63) is 28.8 Å². The van der Waals surface area contributed by atoms with Crippen LogP contribution >= 0.6 is 0 Å². The van der Waals surface area contributed by atoms with Gasteiger partial charge in [-0.15, -0.1) is 6.42 Å². The molecule has 20 heavy (non-hydrogen) atoms. The van der Waals surface area contributed by atoms with E-state index < -0.39 is 22.5 Å². The van der Waals surface area contributed by atoms with Crippen molar-refractivity contribution in [2.45, 2.75) is 25.7 Å². The highest BCUT2D eigenvalue weighted by Gasteiger charge is 2.20. The van der Waals surface area contributed by atoms with Crippen LogP contribution in [-0.4, -0.2) is 27.5 Å². The minimum Gasteiger partial charge on any atom is -0.452 e. The molecule has 0 radical (unpaired) electrons. The first kappa shape index (κ1) is 16.2. The third kappa shape index (κ3) is 4.08. The van der Waals surface area contributed by atoms with E-state index in [-0.39, 0.29) is 11.5 Å². The fourth-order valence-electron chi connectivity index (χ4n) is 1.99. The van der Waals surface area contributed by atoms with Crippen LogP contribution in [-0.2, 0) is 19.6 Å². The summed E-state index contributed by atoms with van der Waals surface area (Å²) in [4.78, 5) is 11.4. The standard InChI is InChI=1S/C14H17NO4S/c1-5-6-19-13(16)9-15-20(17,18)14-11(3)7-10(2)8-12(14)4/h1,7-8,15H,6,9H2,2-4H3. The summed E-state index contributed by atoms with van der Waals surface area (Å²) in [5.74, 6) is 1.42. The second-order valence-electron chi connectivity index (χ2n) is 4.42. The van der Waals surface area contributed by atoms with Gasteiger partial charge in [0.1, 0.15) is 6.54 Å². The summed E-state index contributed by atoms with van der Waals surface area (Å²) in [5, 5.41) is 0. The number of esters is 1. The van der Waals surface area contributed by atoms with Crippen molar-refractivity contribution in [2.75, 3.05) is 13.2 Å². The van der Waals surface area contributed by atoms with Crippen LogP contribution in [0.3, 0.4) is 0 Å². The molecule has 1 aromatic rings. The summed E-state index contributed by atoms with van der Waals surface area (Å²) in [6, 6.07) is 3.55. The van der Waals surface area contributed by atoms with Crippen molar-refractivity contribution in [3.8, 4) is 12.3 Å². The van der Waals surface area contributed by atoms with Crippen molar-refractivity contribution >= 4 is 16.0 Å². The van der Waals surface area contributed by atoms with E-state index in [4.69, 9.17) is 6.42 Å². The first-order chi connectivity index (χ1) is 9.27. The van der Waals surface area contributed by atoms with E-state index in [2.05, 4.69) is 15.4 Å². The molecule has 0 aliphatic heterocycles. The number of sulfonamides is 1. The van der Waals surface area contributed by atoms with E-state index >= 15 is 0 Å². The number of ether oxygens (including phenoxy) is 1. The lowest BCUT2D eigenvalue weighted by atomic mass is 10.1. The fraction of sp³-hybridized carbons (Fsp3) is 0.357. The van der Waals surface area contributed by atoms with Crippen LogP contribution in [0.4, 0.5) is 0 Å². The highest BCUT2D eigenvalue weighted by Crippen LogP contribution is 2.21. The van der Waals surface area contributed by atoms with Gasteiger partial charge in [-0.2, -0.15) is 4.72 Å². The van der Waals surface area contributed by atoms with E-state index in [0.29, 0.717) is 11.1 Å². The maximum atomic E-state index is 12.2. The molecule has 0 unspecified atom stereocenters. The predicted octanol–water partition coefficient (Wildman–Crippen LogP) is 1.07. The maximum Gasteiger partial charge on any atom is 0.321 e. The van der Waals surface area contributed by atoms with Gasteiger partial charge in [-0.05, 0) is 31.9 Å². The Morgan fingerprint density at radius 1 is 1.30 bits per heavy atom. The van der Waals surface area contributed by atoms with Gasteiger partial charge in [-0.1, -0.05) is 23.6 Å². The Bertz CT molecular complexity index is 633. The molecule has 0 amide bonds. The Balaban J connectivity index is 2.91. The molecule has 0 atom stereocenters. The second kappa shape index (κ2) is 6.55. The lowest BCUT2D eigenvalue weighted by molar-refractivity contribution is -0.140. The summed E-state index contributed by atoms with van der Waals surface area (Å²) in [7, 11) is -3.76. The minimum absolute atomic E-state index is 0.177. The number of aryl methyl sites for hydroxylation is 3. The number of terminal acetylenes is 1. The molecule has 6 heteroatoms. The van der Waals surface area contributed by atoms with E-state index in [1.54, 1.807) is 26.0 Å². The van der Waals surface area contributed by atoms with E-state index in [1.165, 1.54) is 0 Å². The van der Waals surface area contributed by atoms with Gasteiger partial charge < -0.3 is 4.74 Å². The number of carbonyl (C=O) groups is 1. The third-order valence-corrected chi connectivity index (χ3v) is 4.30. The number of rotatable bonds is 5. The molecule has 1 N–H and O–H groups in total. The fourth-order valence-corrected chi connectivity index (χ4v) is 3.41. The molecule has 0 aliphatic rings. The van der Waals surface area contributed by atoms with Gasteiger partial charge in [0.2, 0.25) is 10.0 Å². The van der Waals surface area contributed by atoms with Gasteiger partial charge in [-0.25, -0.2) is 8.42 Å². The van der Waals surface area contributed by atoms with Gasteiger partial charge in [-0.3, -0.25) is 4.79 Å². The van der Waals surface area contributed by atoms with Gasteiger partial charge in [0.25, 0.3) is 0 Å². The molecule has 0 spiro atoms. The Morgan fingerprint density at radius 3 is 2.35 bits per heavy atom. The molecular formula is C14H17NO4S. The number of carbonyl (C=O) groups excluding carboxylic acids is 1. The highest BCUT2D eigenvalue weighted by atomic mass is 32.2. The van der Waals surface area contributed by atoms with Crippen molar-refractivity contribution in [1.82, 2.24) is 4.72 Å². The molecule has 5 nitrogen and oxygen atoms in total. The van der Waals surface area contributed by atoms with Crippen LogP contribution in [0.5, 0.6) is 0 Å².